The Labute approximate surface area is 234 Å². The van der Waals surface area contributed by atoms with Crippen molar-refractivity contribution >= 4 is 21.8 Å². The molecule has 1 saturated heterocycles. The van der Waals surface area contributed by atoms with Gasteiger partial charge in [0, 0.05) is 57.3 Å². The second-order valence-corrected chi connectivity index (χ2v) is 12.2. The van der Waals surface area contributed by atoms with Gasteiger partial charge in [-0.05, 0) is 61.1 Å². The summed E-state index contributed by atoms with van der Waals surface area (Å²) in [4.78, 5) is 24.3. The minimum absolute atomic E-state index is 0.0109. The number of carbonyl (C=O) groups is 1. The van der Waals surface area contributed by atoms with Crippen LogP contribution >= 0.6 is 0 Å². The number of anilines is 1. The lowest BCUT2D eigenvalue weighted by Crippen LogP contribution is -2.53. The SMILES string of the molecule is COC(=O)N1CCC(CN([C@H]2Cc3cc(C#N)ccc3N(Cc3cncn3C)C2)S(=O)(=O)c2ccccn2)CC1. The van der Waals surface area contributed by atoms with E-state index in [1.54, 1.807) is 33.7 Å². The number of piperidine rings is 1. The largest absolute Gasteiger partial charge is 0.453 e. The molecular formula is C28H33N7O4S. The number of ether oxygens (including phenoxy) is 1. The van der Waals surface area contributed by atoms with Crippen molar-refractivity contribution in [2.45, 2.75) is 36.9 Å². The molecule has 4 heterocycles. The summed E-state index contributed by atoms with van der Waals surface area (Å²) in [5.41, 5.74) is 3.44. The second kappa shape index (κ2) is 11.7. The van der Waals surface area contributed by atoms with Gasteiger partial charge in [0.1, 0.15) is 0 Å². The molecule has 12 heteroatoms. The molecule has 1 aromatic carbocycles. The second-order valence-electron chi connectivity index (χ2n) is 10.3. The van der Waals surface area contributed by atoms with Crippen molar-refractivity contribution in [3.8, 4) is 6.07 Å². The molecule has 2 aliphatic rings. The highest BCUT2D eigenvalue weighted by molar-refractivity contribution is 7.89. The molecule has 210 valence electrons. The molecule has 5 rings (SSSR count). The fourth-order valence-electron chi connectivity index (χ4n) is 5.62. The third-order valence-corrected chi connectivity index (χ3v) is 9.64. The number of rotatable bonds is 7. The number of amides is 1. The van der Waals surface area contributed by atoms with Gasteiger partial charge >= 0.3 is 6.09 Å². The fourth-order valence-corrected chi connectivity index (χ4v) is 7.24. The Kier molecular flexibility index (Phi) is 8.04. The number of sulfonamides is 1. The highest BCUT2D eigenvalue weighted by Gasteiger charge is 2.39. The number of nitrogens with zero attached hydrogens (tertiary/aromatic N) is 7. The Hall–Kier alpha value is -3.95. The Morgan fingerprint density at radius 3 is 2.67 bits per heavy atom. The number of aryl methyl sites for hydroxylation is 1. The van der Waals surface area contributed by atoms with Crippen LogP contribution in [0.15, 0.2) is 60.1 Å². The van der Waals surface area contributed by atoms with Crippen molar-refractivity contribution in [3.05, 3.63) is 71.9 Å². The number of aromatic nitrogens is 3. The molecule has 0 spiro atoms. The highest BCUT2D eigenvalue weighted by atomic mass is 32.2. The topological polar surface area (TPSA) is 125 Å². The van der Waals surface area contributed by atoms with E-state index in [1.165, 1.54) is 19.4 Å². The molecule has 3 aromatic rings. The summed E-state index contributed by atoms with van der Waals surface area (Å²) in [6.07, 6.45) is 6.50. The van der Waals surface area contributed by atoms with Crippen LogP contribution in [0, 0.1) is 17.2 Å². The number of benzene rings is 1. The van der Waals surface area contributed by atoms with Gasteiger partial charge in [-0.3, -0.25) is 0 Å². The number of nitriles is 1. The number of imidazole rings is 1. The van der Waals surface area contributed by atoms with E-state index in [4.69, 9.17) is 4.74 Å². The van der Waals surface area contributed by atoms with Gasteiger partial charge in [0.15, 0.2) is 5.03 Å². The van der Waals surface area contributed by atoms with Crippen molar-refractivity contribution in [2.75, 3.05) is 38.2 Å². The van der Waals surface area contributed by atoms with Crippen LogP contribution < -0.4 is 4.90 Å². The van der Waals surface area contributed by atoms with Crippen LogP contribution in [-0.2, 0) is 34.8 Å². The molecule has 2 aromatic heterocycles. The predicted molar refractivity (Wildman–Crippen MR) is 148 cm³/mol. The standard InChI is InChI=1S/C28H33N7O4S/c1-32-20-30-16-25(32)19-34-18-24(14-23-13-22(15-29)6-7-26(23)34)35(40(37,38)27-5-3-4-10-31-27)17-21-8-11-33(12-9-21)28(36)39-2/h3-7,10,13,16,20-21,24H,8-9,11-12,14,17-19H2,1-2H3/t24-/m0/s1. The van der Waals surface area contributed by atoms with Gasteiger partial charge in [-0.15, -0.1) is 0 Å². The zero-order valence-corrected chi connectivity index (χ0v) is 23.5. The van der Waals surface area contributed by atoms with E-state index < -0.39 is 10.0 Å². The summed E-state index contributed by atoms with van der Waals surface area (Å²) in [5, 5.41) is 9.58. The average Bonchev–Trinajstić information content (AvgIpc) is 3.39. The summed E-state index contributed by atoms with van der Waals surface area (Å²) >= 11 is 0. The molecule has 1 fully saturated rings. The summed E-state index contributed by atoms with van der Waals surface area (Å²) in [5.74, 6) is 0.0664. The van der Waals surface area contributed by atoms with Crippen LogP contribution in [0.2, 0.25) is 0 Å². The zero-order chi connectivity index (χ0) is 28.3. The van der Waals surface area contributed by atoms with Crippen LogP contribution in [0.3, 0.4) is 0 Å². The lowest BCUT2D eigenvalue weighted by molar-refractivity contribution is 0.101. The van der Waals surface area contributed by atoms with E-state index in [1.807, 2.05) is 29.9 Å². The van der Waals surface area contributed by atoms with E-state index in [-0.39, 0.29) is 23.1 Å². The van der Waals surface area contributed by atoms with E-state index >= 15 is 0 Å². The van der Waals surface area contributed by atoms with Crippen LogP contribution in [0.1, 0.15) is 29.7 Å². The molecule has 0 saturated carbocycles. The molecule has 0 unspecified atom stereocenters. The zero-order valence-electron chi connectivity index (χ0n) is 22.7. The Balaban J connectivity index is 1.49. The van der Waals surface area contributed by atoms with Crippen molar-refractivity contribution in [2.24, 2.45) is 13.0 Å². The van der Waals surface area contributed by atoms with E-state index in [2.05, 4.69) is 20.9 Å². The number of hydrogen-bond donors (Lipinski definition) is 0. The number of fused-ring (bicyclic) bond motifs is 1. The summed E-state index contributed by atoms with van der Waals surface area (Å²) in [6.45, 7) is 2.35. The first-order valence-corrected chi connectivity index (χ1v) is 14.7. The normalized spacial score (nSPS) is 17.9. The lowest BCUT2D eigenvalue weighted by atomic mass is 9.93. The molecule has 0 radical (unpaired) electrons. The Bertz CT molecular complexity index is 1490. The number of likely N-dealkylation sites (tertiary alicyclic amines) is 1. The lowest BCUT2D eigenvalue weighted by Gasteiger charge is -2.42. The van der Waals surface area contributed by atoms with E-state index in [9.17, 15) is 18.5 Å². The minimum atomic E-state index is -3.94. The number of carbonyl (C=O) groups excluding carboxylic acids is 1. The summed E-state index contributed by atoms with van der Waals surface area (Å²) in [7, 11) is -0.640. The molecule has 0 aliphatic carbocycles. The van der Waals surface area contributed by atoms with Gasteiger partial charge < -0.3 is 19.1 Å². The number of pyridine rings is 1. The monoisotopic (exact) mass is 563 g/mol. The van der Waals surface area contributed by atoms with Crippen LogP contribution in [0.25, 0.3) is 0 Å². The van der Waals surface area contributed by atoms with Gasteiger partial charge in [-0.2, -0.15) is 9.57 Å². The Morgan fingerprint density at radius 2 is 2.02 bits per heavy atom. The summed E-state index contributed by atoms with van der Waals surface area (Å²) < 4.78 is 36.7. The molecule has 1 atom stereocenters. The first kappa shape index (κ1) is 27.6. The van der Waals surface area contributed by atoms with Crippen molar-refractivity contribution in [3.63, 3.8) is 0 Å². The van der Waals surface area contributed by atoms with Crippen molar-refractivity contribution < 1.29 is 17.9 Å². The summed E-state index contributed by atoms with van der Waals surface area (Å²) in [6, 6.07) is 12.3. The average molecular weight is 564 g/mol. The van der Waals surface area contributed by atoms with Gasteiger partial charge in [0.05, 0.1) is 37.3 Å². The highest BCUT2D eigenvalue weighted by Crippen LogP contribution is 2.34. The van der Waals surface area contributed by atoms with Crippen molar-refractivity contribution in [1.82, 2.24) is 23.7 Å². The molecule has 40 heavy (non-hydrogen) atoms. The molecular weight excluding hydrogens is 530 g/mol. The Morgan fingerprint density at radius 1 is 1.23 bits per heavy atom. The van der Waals surface area contributed by atoms with Crippen LogP contribution in [-0.4, -0.2) is 77.6 Å². The van der Waals surface area contributed by atoms with Gasteiger partial charge in [-0.1, -0.05) is 6.07 Å². The van der Waals surface area contributed by atoms with Gasteiger partial charge in [-0.25, -0.2) is 23.2 Å². The fraction of sp³-hybridized carbons (Fsp3) is 0.429. The molecule has 0 N–H and O–H groups in total. The number of hydrogen-bond acceptors (Lipinski definition) is 8. The van der Waals surface area contributed by atoms with Gasteiger partial charge in [0.25, 0.3) is 10.0 Å². The quantitative estimate of drug-likeness (QED) is 0.430. The van der Waals surface area contributed by atoms with E-state index in [0.29, 0.717) is 57.5 Å². The first-order chi connectivity index (χ1) is 19.3. The smallest absolute Gasteiger partial charge is 0.409 e. The molecule has 11 nitrogen and oxygen atoms in total. The van der Waals surface area contributed by atoms with Crippen LogP contribution in [0.5, 0.6) is 0 Å². The van der Waals surface area contributed by atoms with Crippen molar-refractivity contribution in [1.29, 1.82) is 5.26 Å². The maximum absolute atomic E-state index is 14.1. The third-order valence-electron chi connectivity index (χ3n) is 7.81. The van der Waals surface area contributed by atoms with E-state index in [0.717, 1.165) is 16.9 Å². The third kappa shape index (κ3) is 5.66. The molecule has 0 bridgehead atoms. The first-order valence-electron chi connectivity index (χ1n) is 13.3. The molecule has 1 amide bonds. The maximum atomic E-state index is 14.1. The predicted octanol–water partition coefficient (Wildman–Crippen LogP) is 2.79. The minimum Gasteiger partial charge on any atom is -0.453 e. The van der Waals surface area contributed by atoms with Gasteiger partial charge in [0.2, 0.25) is 0 Å². The maximum Gasteiger partial charge on any atom is 0.409 e. The van der Waals surface area contributed by atoms with Crippen LogP contribution in [0.4, 0.5) is 10.5 Å². The number of methoxy groups -OCH3 is 1. The molecule has 2 aliphatic heterocycles.